The first kappa shape index (κ1) is 34.5. The second kappa shape index (κ2) is 14.2. The maximum absolute atomic E-state index is 4.75. The summed E-state index contributed by atoms with van der Waals surface area (Å²) < 4.78 is 9.08. The summed E-state index contributed by atoms with van der Waals surface area (Å²) in [6, 6.07) is 66.7. The molecule has 6 heterocycles. The number of benzene rings is 5. The number of imidazole rings is 2. The van der Waals surface area contributed by atoms with Crippen molar-refractivity contribution < 1.29 is 29.9 Å². The Balaban J connectivity index is 0.00000396. The number of para-hydroxylation sites is 2. The largest absolute Gasteiger partial charge is 2.00 e. The Morgan fingerprint density at radius 3 is 1.26 bits per heavy atom. The predicted molar refractivity (Wildman–Crippen MR) is 221 cm³/mol. The van der Waals surface area contributed by atoms with Crippen molar-refractivity contribution in [3.8, 4) is 56.1 Å². The van der Waals surface area contributed by atoms with Gasteiger partial charge in [-0.1, -0.05) is 72.8 Å². The van der Waals surface area contributed by atoms with Gasteiger partial charge in [0, 0.05) is 24.5 Å². The van der Waals surface area contributed by atoms with Crippen molar-refractivity contribution in [1.82, 2.24) is 19.1 Å². The van der Waals surface area contributed by atoms with Crippen molar-refractivity contribution in [1.29, 1.82) is 0 Å². The predicted octanol–water partition coefficient (Wildman–Crippen LogP) is 10.1. The van der Waals surface area contributed by atoms with E-state index in [1.165, 1.54) is 0 Å². The van der Waals surface area contributed by atoms with E-state index in [4.69, 9.17) is 9.97 Å². The minimum absolute atomic E-state index is 0. The van der Waals surface area contributed by atoms with Gasteiger partial charge in [-0.15, -0.1) is 58.7 Å². The maximum Gasteiger partial charge on any atom is 2.00 e. The molecule has 0 saturated heterocycles. The number of fused-ring (bicyclic) bond motifs is 6. The molecule has 7 heteroatoms. The van der Waals surface area contributed by atoms with Crippen molar-refractivity contribution >= 4 is 33.4 Å². The van der Waals surface area contributed by atoms with Crippen LogP contribution >= 0.6 is 0 Å². The summed E-state index contributed by atoms with van der Waals surface area (Å²) >= 11 is 0. The van der Waals surface area contributed by atoms with Crippen LogP contribution in [0.25, 0.3) is 89.5 Å². The van der Waals surface area contributed by atoms with Crippen molar-refractivity contribution in [2.24, 2.45) is 0 Å². The van der Waals surface area contributed by atoms with Gasteiger partial charge in [0.2, 0.25) is 0 Å². The summed E-state index contributed by atoms with van der Waals surface area (Å²) in [6.45, 7) is 0. The van der Waals surface area contributed by atoms with Crippen LogP contribution in [0, 0.1) is 12.1 Å². The van der Waals surface area contributed by atoms with E-state index in [9.17, 15) is 0 Å². The molecule has 11 aromatic rings. The maximum atomic E-state index is 4.75. The van der Waals surface area contributed by atoms with E-state index in [0.717, 1.165) is 89.5 Å². The minimum Gasteiger partial charge on any atom is -0.256 e. The van der Waals surface area contributed by atoms with Gasteiger partial charge >= 0.3 is 21.1 Å². The topological polar surface area (TPSA) is 43.8 Å². The van der Waals surface area contributed by atoms with E-state index < -0.39 is 0 Å². The van der Waals surface area contributed by atoms with Crippen molar-refractivity contribution in [2.45, 2.75) is 0 Å². The van der Waals surface area contributed by atoms with Gasteiger partial charge in [-0.3, -0.25) is 9.97 Å². The zero-order valence-corrected chi connectivity index (χ0v) is 32.7. The molecule has 0 atom stereocenters. The van der Waals surface area contributed by atoms with Gasteiger partial charge < -0.3 is 0 Å². The Bertz CT molecular complexity index is 3040. The van der Waals surface area contributed by atoms with Crippen LogP contribution in [0.2, 0.25) is 0 Å². The molecule has 0 spiro atoms. The van der Waals surface area contributed by atoms with Gasteiger partial charge in [0.15, 0.2) is 22.1 Å². The van der Waals surface area contributed by atoms with E-state index in [2.05, 4.69) is 188 Å². The Labute approximate surface area is 343 Å². The molecule has 0 amide bonds. The Morgan fingerprint density at radius 1 is 0.386 bits per heavy atom. The van der Waals surface area contributed by atoms with Crippen molar-refractivity contribution in [3.05, 3.63) is 207 Å². The van der Waals surface area contributed by atoms with E-state index >= 15 is 0 Å². The van der Waals surface area contributed by atoms with Crippen LogP contribution in [-0.2, 0) is 21.1 Å². The summed E-state index contributed by atoms with van der Waals surface area (Å²) in [6.07, 6.45) is 7.94. The van der Waals surface area contributed by atoms with Crippen LogP contribution < -0.4 is 8.80 Å². The van der Waals surface area contributed by atoms with Gasteiger partial charge in [0.1, 0.15) is 0 Å². The third kappa shape index (κ3) is 5.68. The zero-order valence-electron chi connectivity index (χ0n) is 30.5. The first-order chi connectivity index (χ1) is 27.8. The normalized spacial score (nSPS) is 11.4. The second-order valence-electron chi connectivity index (χ2n) is 13.8. The fourth-order valence-corrected chi connectivity index (χ4v) is 8.18. The molecule has 0 saturated carbocycles. The molecule has 0 N–H and O–H groups in total. The van der Waals surface area contributed by atoms with Crippen molar-refractivity contribution in [2.75, 3.05) is 0 Å². The molecule has 57 heavy (non-hydrogen) atoms. The van der Waals surface area contributed by atoms with Gasteiger partial charge in [0.05, 0.1) is 46.3 Å². The number of nitrogens with zero attached hydrogens (tertiary/aromatic N) is 6. The average Bonchev–Trinajstić information content (AvgIpc) is 3.81. The van der Waals surface area contributed by atoms with Gasteiger partial charge in [0.25, 0.3) is 11.3 Å². The number of hydrogen-bond acceptors (Lipinski definition) is 2. The van der Waals surface area contributed by atoms with E-state index in [0.29, 0.717) is 0 Å². The molecule has 0 aliphatic heterocycles. The third-order valence-corrected chi connectivity index (χ3v) is 10.6. The minimum atomic E-state index is 0. The van der Waals surface area contributed by atoms with Gasteiger partial charge in [-0.2, -0.15) is 8.80 Å². The molecule has 6 nitrogen and oxygen atoms in total. The number of pyridine rings is 4. The summed E-state index contributed by atoms with van der Waals surface area (Å²) in [4.78, 5) is 9.50. The Hall–Kier alpha value is -7.01. The number of hydrogen-bond donors (Lipinski definition) is 0. The quantitative estimate of drug-likeness (QED) is 0.123. The second-order valence-corrected chi connectivity index (χ2v) is 13.8. The van der Waals surface area contributed by atoms with E-state index in [-0.39, 0.29) is 21.1 Å². The Kier molecular flexibility index (Phi) is 8.62. The molecular weight excluding hydrogens is 880 g/mol. The molecule has 0 radical (unpaired) electrons. The summed E-state index contributed by atoms with van der Waals surface area (Å²) in [5, 5.41) is 0. The van der Waals surface area contributed by atoms with Gasteiger partial charge in [-0.25, -0.2) is 9.13 Å². The summed E-state index contributed by atoms with van der Waals surface area (Å²) in [5.74, 6) is 0. The average molecular weight is 912 g/mol. The first-order valence-electron chi connectivity index (χ1n) is 18.7. The van der Waals surface area contributed by atoms with Crippen LogP contribution in [0.15, 0.2) is 195 Å². The summed E-state index contributed by atoms with van der Waals surface area (Å²) in [5.41, 5.74) is 16.4. The molecule has 0 fully saturated rings. The van der Waals surface area contributed by atoms with E-state index in [1.807, 2.05) is 36.7 Å². The summed E-state index contributed by atoms with van der Waals surface area (Å²) in [7, 11) is 0. The molecule has 0 unspecified atom stereocenters. The van der Waals surface area contributed by atoms with Crippen LogP contribution in [0.3, 0.4) is 0 Å². The molecule has 5 aromatic carbocycles. The zero-order chi connectivity index (χ0) is 37.0. The fraction of sp³-hybridized carbons (Fsp3) is 0. The molecular formula is C50H32N6Pt+2. The smallest absolute Gasteiger partial charge is 0.256 e. The monoisotopic (exact) mass is 911 g/mol. The van der Waals surface area contributed by atoms with Crippen molar-refractivity contribution in [3.63, 3.8) is 0 Å². The molecule has 0 aliphatic carbocycles. The van der Waals surface area contributed by atoms with Crippen LogP contribution in [-0.4, -0.2) is 19.1 Å². The third-order valence-electron chi connectivity index (χ3n) is 10.6. The SMILES string of the molecule is [Pt+2].[c-]1c(-c2ccccc2-c2[c-]c(-n3c4c(-c5ccccn5)cccc4[n+]4ccccc34)ccc2)cccc1-n1c2c(-c3ccccn3)cccc2[n+]2ccccc12. The molecule has 0 aliphatic rings. The van der Waals surface area contributed by atoms with Crippen LogP contribution in [0.4, 0.5) is 0 Å². The molecule has 6 aromatic heterocycles. The van der Waals surface area contributed by atoms with Gasteiger partial charge in [-0.05, 0) is 60.7 Å². The number of rotatable bonds is 6. The van der Waals surface area contributed by atoms with Crippen LogP contribution in [0.5, 0.6) is 0 Å². The molecule has 11 rings (SSSR count). The molecule has 270 valence electrons. The van der Waals surface area contributed by atoms with Crippen LogP contribution in [0.1, 0.15) is 0 Å². The fourth-order valence-electron chi connectivity index (χ4n) is 8.18. The number of aromatic nitrogens is 6. The first-order valence-corrected chi connectivity index (χ1v) is 18.7. The van der Waals surface area contributed by atoms with E-state index in [1.54, 1.807) is 0 Å². The standard InChI is InChI=1S/C50H32N6.Pt/c1-2-20-40(36-16-12-18-38(34-36)56-48-28-6-10-32-54(48)46-26-14-22-42(50(46)56)44-24-4-8-30-52-44)39(19-1)35-15-11-17-37(33-35)55-47-27-5-9-31-53(47)45-25-13-21-41(49(45)55)43-23-3-7-29-51-43;/h1-32H;/q;+2. The molecule has 0 bridgehead atoms. The Morgan fingerprint density at radius 2 is 0.807 bits per heavy atom.